The Balaban J connectivity index is 1.36. The molecule has 0 atom stereocenters. The van der Waals surface area contributed by atoms with Crippen molar-refractivity contribution in [2.24, 2.45) is 0 Å². The Hall–Kier alpha value is -2.80. The van der Waals surface area contributed by atoms with Crippen LogP contribution < -0.4 is 9.64 Å². The molecule has 2 aromatic carbocycles. The Bertz CT molecular complexity index is 1150. The lowest BCUT2D eigenvalue weighted by molar-refractivity contribution is 0.0378. The number of carbonyl (C=O) groups excluding carboxylic acids is 1. The summed E-state index contributed by atoms with van der Waals surface area (Å²) in [6.45, 7) is 7.75. The van der Waals surface area contributed by atoms with Crippen LogP contribution in [-0.4, -0.2) is 48.1 Å². The average molecular weight is 500 g/mol. The first-order valence-corrected chi connectivity index (χ1v) is 12.0. The van der Waals surface area contributed by atoms with Gasteiger partial charge in [0.05, 0.1) is 16.1 Å². The molecule has 0 unspecified atom stereocenters. The topological polar surface area (TPSA) is 54.9 Å². The van der Waals surface area contributed by atoms with Crippen molar-refractivity contribution in [2.75, 3.05) is 31.1 Å². The van der Waals surface area contributed by atoms with Gasteiger partial charge >= 0.3 is 5.97 Å². The number of carbonyl (C=O) groups is 1. The molecule has 1 aliphatic heterocycles. The van der Waals surface area contributed by atoms with Crippen molar-refractivity contribution in [1.29, 1.82) is 0 Å². The molecule has 1 aliphatic rings. The van der Waals surface area contributed by atoms with E-state index in [4.69, 9.17) is 32.7 Å². The lowest BCUT2D eigenvalue weighted by Gasteiger charge is -2.36. The summed E-state index contributed by atoms with van der Waals surface area (Å²) in [6.07, 6.45) is 1.54. The molecule has 0 radical (unpaired) electrons. The number of rotatable bonds is 7. The van der Waals surface area contributed by atoms with Crippen molar-refractivity contribution in [3.05, 3.63) is 82.0 Å². The van der Waals surface area contributed by atoms with Crippen LogP contribution in [0.15, 0.2) is 60.8 Å². The highest BCUT2D eigenvalue weighted by Crippen LogP contribution is 2.30. The molecule has 178 valence electrons. The second kappa shape index (κ2) is 11.1. The Labute approximate surface area is 210 Å². The molecule has 4 rings (SSSR count). The molecule has 3 aromatic rings. The van der Waals surface area contributed by atoms with E-state index in [2.05, 4.69) is 20.9 Å². The fourth-order valence-electron chi connectivity index (χ4n) is 3.85. The Kier molecular flexibility index (Phi) is 7.93. The minimum Gasteiger partial charge on any atom is -0.459 e. The van der Waals surface area contributed by atoms with Gasteiger partial charge in [-0.15, -0.1) is 0 Å². The molecular formula is C26H27Cl2N3O3. The van der Waals surface area contributed by atoms with E-state index in [0.717, 1.165) is 44.0 Å². The van der Waals surface area contributed by atoms with E-state index in [1.807, 2.05) is 32.0 Å². The van der Waals surface area contributed by atoms with E-state index < -0.39 is 0 Å². The van der Waals surface area contributed by atoms with Gasteiger partial charge < -0.3 is 14.4 Å². The summed E-state index contributed by atoms with van der Waals surface area (Å²) in [5, 5.41) is 0.957. The summed E-state index contributed by atoms with van der Waals surface area (Å²) in [4.78, 5) is 21.5. The Morgan fingerprint density at radius 3 is 2.47 bits per heavy atom. The minimum absolute atomic E-state index is 0.172. The van der Waals surface area contributed by atoms with Gasteiger partial charge in [0.15, 0.2) is 0 Å². The van der Waals surface area contributed by atoms with Crippen molar-refractivity contribution in [3.63, 3.8) is 0 Å². The van der Waals surface area contributed by atoms with E-state index in [9.17, 15) is 4.79 Å². The lowest BCUT2D eigenvalue weighted by Crippen LogP contribution is -2.46. The number of benzene rings is 2. The molecule has 0 N–H and O–H groups in total. The standard InChI is InChI=1S/C26H27Cl2N3O3/c1-18(2)33-26(32)22-7-4-10-29-25(22)31-13-11-30(12-14-31)17-19-5-3-6-20(15-19)34-21-8-9-23(27)24(28)16-21/h3-10,15-16,18H,11-14,17H2,1-2H3. The van der Waals surface area contributed by atoms with Crippen LogP contribution in [0.1, 0.15) is 29.8 Å². The molecule has 34 heavy (non-hydrogen) atoms. The number of hydrogen-bond acceptors (Lipinski definition) is 6. The van der Waals surface area contributed by atoms with E-state index in [0.29, 0.717) is 27.2 Å². The van der Waals surface area contributed by atoms with Crippen molar-refractivity contribution < 1.29 is 14.3 Å². The molecule has 1 fully saturated rings. The van der Waals surface area contributed by atoms with Crippen molar-refractivity contribution in [2.45, 2.75) is 26.5 Å². The number of aromatic nitrogens is 1. The number of anilines is 1. The number of esters is 1. The van der Waals surface area contributed by atoms with Crippen LogP contribution in [-0.2, 0) is 11.3 Å². The molecule has 8 heteroatoms. The van der Waals surface area contributed by atoms with Gasteiger partial charge in [0.1, 0.15) is 22.9 Å². The summed E-state index contributed by atoms with van der Waals surface area (Å²) in [5.41, 5.74) is 1.67. The maximum absolute atomic E-state index is 12.5. The number of halogens is 2. The molecule has 1 aromatic heterocycles. The van der Waals surface area contributed by atoms with Crippen molar-refractivity contribution >= 4 is 35.0 Å². The fraction of sp³-hybridized carbons (Fsp3) is 0.308. The maximum atomic E-state index is 12.5. The zero-order valence-electron chi connectivity index (χ0n) is 19.2. The van der Waals surface area contributed by atoms with Gasteiger partial charge in [-0.3, -0.25) is 4.90 Å². The number of nitrogens with zero attached hydrogens (tertiary/aromatic N) is 3. The van der Waals surface area contributed by atoms with Crippen LogP contribution in [0, 0.1) is 0 Å². The highest BCUT2D eigenvalue weighted by atomic mass is 35.5. The van der Waals surface area contributed by atoms with Gasteiger partial charge in [0.2, 0.25) is 0 Å². The Morgan fingerprint density at radius 2 is 1.74 bits per heavy atom. The fourth-order valence-corrected chi connectivity index (χ4v) is 4.13. The van der Waals surface area contributed by atoms with Gasteiger partial charge in [-0.2, -0.15) is 0 Å². The van der Waals surface area contributed by atoms with Gasteiger partial charge in [-0.25, -0.2) is 9.78 Å². The Morgan fingerprint density at radius 1 is 0.971 bits per heavy atom. The van der Waals surface area contributed by atoms with E-state index >= 15 is 0 Å². The van der Waals surface area contributed by atoms with E-state index in [1.54, 1.807) is 36.5 Å². The van der Waals surface area contributed by atoms with Crippen LogP contribution in [0.25, 0.3) is 0 Å². The third-order valence-electron chi connectivity index (χ3n) is 5.45. The smallest absolute Gasteiger partial charge is 0.342 e. The molecule has 0 aliphatic carbocycles. The van der Waals surface area contributed by atoms with Crippen LogP contribution in [0.4, 0.5) is 5.82 Å². The van der Waals surface area contributed by atoms with Gasteiger partial charge in [-0.05, 0) is 55.8 Å². The lowest BCUT2D eigenvalue weighted by atomic mass is 10.1. The van der Waals surface area contributed by atoms with Crippen LogP contribution >= 0.6 is 23.2 Å². The second-order valence-electron chi connectivity index (χ2n) is 8.42. The van der Waals surface area contributed by atoms with E-state index in [-0.39, 0.29) is 12.1 Å². The molecule has 0 saturated carbocycles. The van der Waals surface area contributed by atoms with Crippen molar-refractivity contribution in [1.82, 2.24) is 9.88 Å². The second-order valence-corrected chi connectivity index (χ2v) is 9.23. The molecule has 2 heterocycles. The first kappa shape index (κ1) is 24.3. The average Bonchev–Trinajstić information content (AvgIpc) is 2.82. The summed E-state index contributed by atoms with van der Waals surface area (Å²) < 4.78 is 11.4. The highest BCUT2D eigenvalue weighted by molar-refractivity contribution is 6.42. The molecule has 0 spiro atoms. The largest absolute Gasteiger partial charge is 0.459 e. The molecule has 6 nitrogen and oxygen atoms in total. The molecule has 1 saturated heterocycles. The summed E-state index contributed by atoms with van der Waals surface area (Å²) in [7, 11) is 0. The van der Waals surface area contributed by atoms with Crippen LogP contribution in [0.5, 0.6) is 11.5 Å². The first-order chi connectivity index (χ1) is 16.4. The summed E-state index contributed by atoms with van der Waals surface area (Å²) >= 11 is 12.1. The van der Waals surface area contributed by atoms with Gasteiger partial charge in [-0.1, -0.05) is 35.3 Å². The number of ether oxygens (including phenoxy) is 2. The normalized spacial score (nSPS) is 14.3. The number of hydrogen-bond donors (Lipinski definition) is 0. The van der Waals surface area contributed by atoms with E-state index in [1.165, 1.54) is 0 Å². The van der Waals surface area contributed by atoms with Gasteiger partial charge in [0, 0.05) is 45.0 Å². The third-order valence-corrected chi connectivity index (χ3v) is 6.19. The zero-order valence-corrected chi connectivity index (χ0v) is 20.7. The molecule has 0 bridgehead atoms. The van der Waals surface area contributed by atoms with Crippen molar-refractivity contribution in [3.8, 4) is 11.5 Å². The number of piperazine rings is 1. The summed E-state index contributed by atoms with van der Waals surface area (Å²) in [6, 6.07) is 16.8. The quantitative estimate of drug-likeness (QED) is 0.367. The SMILES string of the molecule is CC(C)OC(=O)c1cccnc1N1CCN(Cc2cccc(Oc3ccc(Cl)c(Cl)c3)c2)CC1. The van der Waals surface area contributed by atoms with Gasteiger partial charge in [0.25, 0.3) is 0 Å². The first-order valence-electron chi connectivity index (χ1n) is 11.2. The monoisotopic (exact) mass is 499 g/mol. The predicted octanol–water partition coefficient (Wildman–Crippen LogP) is 6.07. The zero-order chi connectivity index (χ0) is 24.1. The number of pyridine rings is 1. The third kappa shape index (κ3) is 6.20. The summed E-state index contributed by atoms with van der Waals surface area (Å²) in [5.74, 6) is 1.74. The molecule has 0 amide bonds. The van der Waals surface area contributed by atoms with Crippen LogP contribution in [0.2, 0.25) is 10.0 Å². The van der Waals surface area contributed by atoms with Crippen LogP contribution in [0.3, 0.4) is 0 Å². The maximum Gasteiger partial charge on any atom is 0.342 e. The minimum atomic E-state index is -0.334. The highest BCUT2D eigenvalue weighted by Gasteiger charge is 2.23. The molecular weight excluding hydrogens is 473 g/mol. The predicted molar refractivity (Wildman–Crippen MR) is 135 cm³/mol.